The van der Waals surface area contributed by atoms with Crippen LogP contribution in [0.4, 0.5) is 0 Å². The first-order valence-electron chi connectivity index (χ1n) is 6.48. The molecule has 0 N–H and O–H groups in total. The number of unbranched alkanes of at least 4 members (excludes halogenated alkanes) is 1. The van der Waals surface area contributed by atoms with Crippen LogP contribution < -0.4 is 0 Å². The van der Waals surface area contributed by atoms with Crippen molar-refractivity contribution in [3.63, 3.8) is 0 Å². The van der Waals surface area contributed by atoms with Gasteiger partial charge in [-0.2, -0.15) is 0 Å². The van der Waals surface area contributed by atoms with Crippen molar-refractivity contribution < 1.29 is 9.53 Å². The van der Waals surface area contributed by atoms with Crippen molar-refractivity contribution in [3.05, 3.63) is 35.9 Å². The summed E-state index contributed by atoms with van der Waals surface area (Å²) in [5, 5.41) is 0. The molecule has 0 amide bonds. The van der Waals surface area contributed by atoms with E-state index in [-0.39, 0.29) is 11.9 Å². The Morgan fingerprint density at radius 3 is 2.53 bits per heavy atom. The lowest BCUT2D eigenvalue weighted by atomic mass is 9.94. The molecule has 0 saturated heterocycles. The van der Waals surface area contributed by atoms with E-state index in [0.717, 1.165) is 25.7 Å². The number of benzene rings is 1. The van der Waals surface area contributed by atoms with Gasteiger partial charge in [-0.15, -0.1) is 0 Å². The molecule has 0 aliphatic carbocycles. The molecule has 0 bridgehead atoms. The quantitative estimate of drug-likeness (QED) is 0.674. The average Bonchev–Trinajstić information content (AvgIpc) is 2.36. The van der Waals surface area contributed by atoms with E-state index in [1.807, 2.05) is 25.1 Å². The Bertz CT molecular complexity index is 319. The summed E-state index contributed by atoms with van der Waals surface area (Å²) in [5.74, 6) is -0.0397. The maximum absolute atomic E-state index is 11.8. The summed E-state index contributed by atoms with van der Waals surface area (Å²) in [5.41, 5.74) is 1.21. The van der Waals surface area contributed by atoms with Gasteiger partial charge in [0.05, 0.1) is 12.5 Å². The van der Waals surface area contributed by atoms with Gasteiger partial charge in [-0.1, -0.05) is 50.1 Å². The summed E-state index contributed by atoms with van der Waals surface area (Å²) in [6.45, 7) is 4.47. The number of hydrogen-bond donors (Lipinski definition) is 0. The van der Waals surface area contributed by atoms with E-state index in [1.54, 1.807) is 0 Å². The van der Waals surface area contributed by atoms with Gasteiger partial charge in [-0.05, 0) is 25.3 Å². The predicted octanol–water partition coefficient (Wildman–Crippen LogP) is 3.60. The summed E-state index contributed by atoms with van der Waals surface area (Å²) in [7, 11) is 0. The minimum Gasteiger partial charge on any atom is -0.466 e. The number of rotatable bonds is 7. The van der Waals surface area contributed by atoms with Crippen molar-refractivity contribution in [2.45, 2.75) is 39.5 Å². The maximum Gasteiger partial charge on any atom is 0.309 e. The Morgan fingerprint density at radius 2 is 1.94 bits per heavy atom. The Balaban J connectivity index is 2.59. The second kappa shape index (κ2) is 7.88. The van der Waals surface area contributed by atoms with Crippen molar-refractivity contribution in [1.29, 1.82) is 0 Å². The van der Waals surface area contributed by atoms with Gasteiger partial charge in [0.1, 0.15) is 0 Å². The molecule has 1 aromatic rings. The first-order valence-corrected chi connectivity index (χ1v) is 6.48. The lowest BCUT2D eigenvalue weighted by Gasteiger charge is -2.15. The van der Waals surface area contributed by atoms with Crippen molar-refractivity contribution >= 4 is 5.97 Å². The maximum atomic E-state index is 11.8. The van der Waals surface area contributed by atoms with Crippen LogP contribution in [-0.2, 0) is 16.0 Å². The van der Waals surface area contributed by atoms with Crippen molar-refractivity contribution in [3.8, 4) is 0 Å². The Kier molecular flexibility index (Phi) is 6.38. The van der Waals surface area contributed by atoms with Gasteiger partial charge in [-0.3, -0.25) is 4.79 Å². The fourth-order valence-corrected chi connectivity index (χ4v) is 1.91. The van der Waals surface area contributed by atoms with E-state index in [1.165, 1.54) is 5.56 Å². The van der Waals surface area contributed by atoms with Gasteiger partial charge in [0.2, 0.25) is 0 Å². The highest BCUT2D eigenvalue weighted by Gasteiger charge is 2.19. The molecule has 0 fully saturated rings. The first kappa shape index (κ1) is 13.8. The van der Waals surface area contributed by atoms with Crippen LogP contribution in [0.5, 0.6) is 0 Å². The third-order valence-electron chi connectivity index (χ3n) is 2.85. The van der Waals surface area contributed by atoms with Crippen LogP contribution in [0, 0.1) is 5.92 Å². The minimum absolute atomic E-state index is 0.0114. The zero-order chi connectivity index (χ0) is 12.5. The molecule has 17 heavy (non-hydrogen) atoms. The molecule has 0 heterocycles. The molecular formula is C15H22O2. The number of esters is 1. The lowest BCUT2D eigenvalue weighted by molar-refractivity contribution is -0.148. The van der Waals surface area contributed by atoms with Crippen LogP contribution in [0.3, 0.4) is 0 Å². The molecule has 2 nitrogen and oxygen atoms in total. The second-order valence-corrected chi connectivity index (χ2v) is 4.28. The van der Waals surface area contributed by atoms with Crippen LogP contribution in [0.25, 0.3) is 0 Å². The van der Waals surface area contributed by atoms with E-state index in [0.29, 0.717) is 6.61 Å². The summed E-state index contributed by atoms with van der Waals surface area (Å²) >= 11 is 0. The largest absolute Gasteiger partial charge is 0.466 e. The fraction of sp³-hybridized carbons (Fsp3) is 0.533. The van der Waals surface area contributed by atoms with E-state index in [4.69, 9.17) is 4.74 Å². The number of carbonyl (C=O) groups excluding carboxylic acids is 1. The van der Waals surface area contributed by atoms with Gasteiger partial charge in [0.25, 0.3) is 0 Å². The summed E-state index contributed by atoms with van der Waals surface area (Å²) in [6.07, 6.45) is 3.91. The second-order valence-electron chi connectivity index (χ2n) is 4.28. The van der Waals surface area contributed by atoms with Crippen LogP contribution >= 0.6 is 0 Å². The molecule has 1 atom stereocenters. The molecule has 0 spiro atoms. The molecule has 0 saturated carbocycles. The molecule has 2 heteroatoms. The van der Waals surface area contributed by atoms with Crippen molar-refractivity contribution in [2.75, 3.05) is 6.61 Å². The highest BCUT2D eigenvalue weighted by molar-refractivity contribution is 5.72. The first-order chi connectivity index (χ1) is 8.27. The predicted molar refractivity (Wildman–Crippen MR) is 69.8 cm³/mol. The molecular weight excluding hydrogens is 212 g/mol. The van der Waals surface area contributed by atoms with Gasteiger partial charge < -0.3 is 4.74 Å². The zero-order valence-electron chi connectivity index (χ0n) is 10.8. The van der Waals surface area contributed by atoms with Gasteiger partial charge in [-0.25, -0.2) is 0 Å². The standard InChI is InChI=1S/C15H22O2/c1-3-5-11-14(15(16)17-4-2)12-13-9-7-6-8-10-13/h6-10,14H,3-5,11-12H2,1-2H3/t14-/m0/s1. The molecule has 0 radical (unpaired) electrons. The SMILES string of the molecule is CCCC[C@@H](Cc1ccccc1)C(=O)OCC. The Morgan fingerprint density at radius 1 is 1.24 bits per heavy atom. The highest BCUT2D eigenvalue weighted by Crippen LogP contribution is 2.17. The Hall–Kier alpha value is -1.31. The van der Waals surface area contributed by atoms with E-state index in [2.05, 4.69) is 19.1 Å². The topological polar surface area (TPSA) is 26.3 Å². The smallest absolute Gasteiger partial charge is 0.309 e. The van der Waals surface area contributed by atoms with Crippen LogP contribution in [-0.4, -0.2) is 12.6 Å². The molecule has 0 aliphatic heterocycles. The third kappa shape index (κ3) is 5.03. The van der Waals surface area contributed by atoms with Gasteiger partial charge in [0, 0.05) is 0 Å². The molecule has 0 unspecified atom stereocenters. The Labute approximate surface area is 104 Å². The average molecular weight is 234 g/mol. The monoisotopic (exact) mass is 234 g/mol. The fourth-order valence-electron chi connectivity index (χ4n) is 1.91. The van der Waals surface area contributed by atoms with Crippen molar-refractivity contribution in [2.24, 2.45) is 5.92 Å². The summed E-state index contributed by atoms with van der Waals surface area (Å²) in [4.78, 5) is 11.8. The van der Waals surface area contributed by atoms with E-state index >= 15 is 0 Å². The zero-order valence-corrected chi connectivity index (χ0v) is 10.8. The number of carbonyl (C=O) groups is 1. The molecule has 94 valence electrons. The highest BCUT2D eigenvalue weighted by atomic mass is 16.5. The van der Waals surface area contributed by atoms with Crippen LogP contribution in [0.15, 0.2) is 30.3 Å². The normalized spacial score (nSPS) is 12.1. The number of hydrogen-bond acceptors (Lipinski definition) is 2. The minimum atomic E-state index is -0.0511. The molecule has 0 aliphatic rings. The van der Waals surface area contributed by atoms with Crippen LogP contribution in [0.2, 0.25) is 0 Å². The van der Waals surface area contributed by atoms with E-state index in [9.17, 15) is 4.79 Å². The lowest BCUT2D eigenvalue weighted by Crippen LogP contribution is -2.20. The van der Waals surface area contributed by atoms with Crippen molar-refractivity contribution in [1.82, 2.24) is 0 Å². The number of ether oxygens (including phenoxy) is 1. The van der Waals surface area contributed by atoms with Gasteiger partial charge >= 0.3 is 5.97 Å². The van der Waals surface area contributed by atoms with E-state index < -0.39 is 0 Å². The molecule has 1 aromatic carbocycles. The third-order valence-corrected chi connectivity index (χ3v) is 2.85. The van der Waals surface area contributed by atoms with Crippen LogP contribution in [0.1, 0.15) is 38.7 Å². The molecule has 1 rings (SSSR count). The molecule has 0 aromatic heterocycles. The van der Waals surface area contributed by atoms with Gasteiger partial charge in [0.15, 0.2) is 0 Å². The summed E-state index contributed by atoms with van der Waals surface area (Å²) < 4.78 is 5.13. The summed E-state index contributed by atoms with van der Waals surface area (Å²) in [6, 6.07) is 10.2.